The number of hydrogen-bond donors (Lipinski definition) is 2. The molecular weight excluding hydrogens is 124 g/mol. The van der Waals surface area contributed by atoms with Crippen molar-refractivity contribution in [3.05, 3.63) is 36.3 Å². The van der Waals surface area contributed by atoms with Gasteiger partial charge in [0.2, 0.25) is 0 Å². The highest BCUT2D eigenvalue weighted by Crippen LogP contribution is 2.04. The van der Waals surface area contributed by atoms with E-state index in [-0.39, 0.29) is 0 Å². The predicted octanol–water partition coefficient (Wildman–Crippen LogP) is 1.49. The molecule has 0 radical (unpaired) electrons. The molecule has 0 spiro atoms. The first kappa shape index (κ1) is 8.82. The van der Waals surface area contributed by atoms with Gasteiger partial charge in [-0.25, -0.2) is 0 Å². The molecule has 0 aliphatic heterocycles. The van der Waals surface area contributed by atoms with Gasteiger partial charge in [-0.1, -0.05) is 13.2 Å². The third-order valence-electron chi connectivity index (χ3n) is 1.07. The highest BCUT2D eigenvalue weighted by Gasteiger charge is 1.96. The van der Waals surface area contributed by atoms with Crippen molar-refractivity contribution in [1.82, 2.24) is 5.32 Å². The summed E-state index contributed by atoms with van der Waals surface area (Å²) in [4.78, 5) is 0. The van der Waals surface area contributed by atoms with E-state index in [1.165, 1.54) is 0 Å². The molecule has 0 aromatic rings. The van der Waals surface area contributed by atoms with Gasteiger partial charge in [-0.15, -0.1) is 0 Å². The van der Waals surface area contributed by atoms with Crippen LogP contribution in [0.1, 0.15) is 13.8 Å². The molecule has 10 heavy (non-hydrogen) atoms. The standard InChI is InChI=1S/C8H14N2/c1-5-10-8(6(2)3)7(4)9/h5,10H,1-2,9H2,3-4H3/b8-7-. The van der Waals surface area contributed by atoms with Gasteiger partial charge in [0.25, 0.3) is 0 Å². The first-order valence-corrected chi connectivity index (χ1v) is 3.09. The summed E-state index contributed by atoms with van der Waals surface area (Å²) >= 11 is 0. The summed E-state index contributed by atoms with van der Waals surface area (Å²) in [6, 6.07) is 0. The summed E-state index contributed by atoms with van der Waals surface area (Å²) in [7, 11) is 0. The Morgan fingerprint density at radius 2 is 2.00 bits per heavy atom. The lowest BCUT2D eigenvalue weighted by Crippen LogP contribution is -2.11. The number of nitrogens with two attached hydrogens (primary N) is 1. The van der Waals surface area contributed by atoms with E-state index in [9.17, 15) is 0 Å². The van der Waals surface area contributed by atoms with Crippen molar-refractivity contribution in [3.8, 4) is 0 Å². The maximum atomic E-state index is 5.53. The molecule has 0 fully saturated rings. The Balaban J connectivity index is 4.42. The van der Waals surface area contributed by atoms with Crippen LogP contribution in [0.2, 0.25) is 0 Å². The summed E-state index contributed by atoms with van der Waals surface area (Å²) < 4.78 is 0. The molecule has 0 heterocycles. The van der Waals surface area contributed by atoms with E-state index < -0.39 is 0 Å². The van der Waals surface area contributed by atoms with E-state index in [0.29, 0.717) is 0 Å². The van der Waals surface area contributed by atoms with Gasteiger partial charge in [0.05, 0.1) is 5.70 Å². The molecule has 0 saturated carbocycles. The molecular formula is C8H14N2. The summed E-state index contributed by atoms with van der Waals surface area (Å²) in [5.74, 6) is 0. The Bertz CT molecular complexity index is 174. The second-order valence-electron chi connectivity index (χ2n) is 2.19. The molecule has 0 aromatic carbocycles. The molecule has 0 saturated heterocycles. The largest absolute Gasteiger partial charge is 0.401 e. The van der Waals surface area contributed by atoms with Crippen molar-refractivity contribution in [2.45, 2.75) is 13.8 Å². The van der Waals surface area contributed by atoms with E-state index in [4.69, 9.17) is 5.73 Å². The molecule has 3 N–H and O–H groups in total. The lowest BCUT2D eigenvalue weighted by molar-refractivity contribution is 1.02. The van der Waals surface area contributed by atoms with Crippen molar-refractivity contribution >= 4 is 0 Å². The average Bonchev–Trinajstić information content (AvgIpc) is 1.81. The Morgan fingerprint density at radius 1 is 1.50 bits per heavy atom. The minimum atomic E-state index is 0.729. The summed E-state index contributed by atoms with van der Waals surface area (Å²) in [6.07, 6.45) is 1.58. The number of hydrogen-bond acceptors (Lipinski definition) is 2. The summed E-state index contributed by atoms with van der Waals surface area (Å²) in [5, 5.41) is 2.90. The van der Waals surface area contributed by atoms with Gasteiger partial charge in [0, 0.05) is 5.70 Å². The molecule has 0 unspecified atom stereocenters. The van der Waals surface area contributed by atoms with Gasteiger partial charge >= 0.3 is 0 Å². The Hall–Kier alpha value is -1.18. The monoisotopic (exact) mass is 138 g/mol. The number of nitrogens with one attached hydrogen (secondary N) is 1. The Morgan fingerprint density at radius 3 is 2.10 bits per heavy atom. The zero-order chi connectivity index (χ0) is 8.15. The number of rotatable bonds is 3. The fourth-order valence-corrected chi connectivity index (χ4v) is 0.676. The third kappa shape index (κ3) is 2.40. The van der Waals surface area contributed by atoms with Crippen molar-refractivity contribution in [1.29, 1.82) is 0 Å². The lowest BCUT2D eigenvalue weighted by Gasteiger charge is -2.07. The smallest absolute Gasteiger partial charge is 0.0591 e. The second-order valence-corrected chi connectivity index (χ2v) is 2.19. The van der Waals surface area contributed by atoms with Gasteiger partial charge in [-0.05, 0) is 25.6 Å². The maximum Gasteiger partial charge on any atom is 0.0591 e. The quantitative estimate of drug-likeness (QED) is 0.580. The van der Waals surface area contributed by atoms with Crippen molar-refractivity contribution in [3.63, 3.8) is 0 Å². The van der Waals surface area contributed by atoms with Gasteiger partial charge in [-0.2, -0.15) is 0 Å². The zero-order valence-electron chi connectivity index (χ0n) is 6.57. The SMILES string of the molecule is C=CN/C(C(=C)C)=C(/C)N. The Labute approximate surface area is 62.1 Å². The molecule has 2 heteroatoms. The topological polar surface area (TPSA) is 38.0 Å². The van der Waals surface area contributed by atoms with Crippen molar-refractivity contribution < 1.29 is 0 Å². The molecule has 0 aliphatic carbocycles. The van der Waals surface area contributed by atoms with Gasteiger partial charge in [0.1, 0.15) is 0 Å². The lowest BCUT2D eigenvalue weighted by atomic mass is 10.2. The van der Waals surface area contributed by atoms with E-state index in [0.717, 1.165) is 17.0 Å². The van der Waals surface area contributed by atoms with Crippen LogP contribution in [0.15, 0.2) is 36.3 Å². The van der Waals surface area contributed by atoms with Gasteiger partial charge in [0.15, 0.2) is 0 Å². The molecule has 0 bridgehead atoms. The van der Waals surface area contributed by atoms with Crippen LogP contribution in [0.4, 0.5) is 0 Å². The van der Waals surface area contributed by atoms with Crippen LogP contribution in [-0.4, -0.2) is 0 Å². The normalized spacial score (nSPS) is 11.8. The summed E-state index contributed by atoms with van der Waals surface area (Å²) in [5.41, 5.74) is 8.03. The van der Waals surface area contributed by atoms with E-state index in [1.807, 2.05) is 13.8 Å². The van der Waals surface area contributed by atoms with Crippen LogP contribution >= 0.6 is 0 Å². The first-order valence-electron chi connectivity index (χ1n) is 3.09. The van der Waals surface area contributed by atoms with Crippen LogP contribution in [0.25, 0.3) is 0 Å². The molecule has 0 aliphatic rings. The van der Waals surface area contributed by atoms with Crippen LogP contribution in [-0.2, 0) is 0 Å². The molecule has 0 atom stereocenters. The van der Waals surface area contributed by atoms with Crippen molar-refractivity contribution in [2.24, 2.45) is 5.73 Å². The van der Waals surface area contributed by atoms with E-state index in [2.05, 4.69) is 18.5 Å². The minimum Gasteiger partial charge on any atom is -0.401 e. The molecule has 0 aromatic heterocycles. The summed E-state index contributed by atoms with van der Waals surface area (Å²) in [6.45, 7) is 11.0. The van der Waals surface area contributed by atoms with Gasteiger partial charge in [-0.3, -0.25) is 0 Å². The fraction of sp³-hybridized carbons (Fsp3) is 0.250. The molecule has 2 nitrogen and oxygen atoms in total. The average molecular weight is 138 g/mol. The second kappa shape index (κ2) is 3.77. The highest BCUT2D eigenvalue weighted by molar-refractivity contribution is 5.28. The minimum absolute atomic E-state index is 0.729. The molecule has 0 amide bonds. The van der Waals surface area contributed by atoms with Gasteiger partial charge < -0.3 is 11.1 Å². The van der Waals surface area contributed by atoms with Crippen LogP contribution in [0, 0.1) is 0 Å². The fourth-order valence-electron chi connectivity index (χ4n) is 0.676. The molecule has 56 valence electrons. The van der Waals surface area contributed by atoms with E-state index in [1.54, 1.807) is 6.20 Å². The highest BCUT2D eigenvalue weighted by atomic mass is 14.9. The Kier molecular flexibility index (Phi) is 3.33. The molecule has 0 rings (SSSR count). The predicted molar refractivity (Wildman–Crippen MR) is 45.0 cm³/mol. The van der Waals surface area contributed by atoms with Crippen LogP contribution in [0.5, 0.6) is 0 Å². The third-order valence-corrected chi connectivity index (χ3v) is 1.07. The number of allylic oxidation sites excluding steroid dienone is 2. The van der Waals surface area contributed by atoms with Crippen molar-refractivity contribution in [2.75, 3.05) is 0 Å². The van der Waals surface area contributed by atoms with E-state index >= 15 is 0 Å². The maximum absolute atomic E-state index is 5.53. The van der Waals surface area contributed by atoms with Crippen LogP contribution < -0.4 is 11.1 Å². The zero-order valence-corrected chi connectivity index (χ0v) is 6.57. The first-order chi connectivity index (χ1) is 4.59. The van der Waals surface area contributed by atoms with Crippen LogP contribution in [0.3, 0.4) is 0 Å².